The molecule has 0 bridgehead atoms. The van der Waals surface area contributed by atoms with Gasteiger partial charge < -0.3 is 10.6 Å². The quantitative estimate of drug-likeness (QED) is 0.584. The van der Waals surface area contributed by atoms with E-state index in [4.69, 9.17) is 28.3 Å². The van der Waals surface area contributed by atoms with Gasteiger partial charge in [-0.3, -0.25) is 4.21 Å². The van der Waals surface area contributed by atoms with Crippen molar-refractivity contribution in [1.82, 2.24) is 0 Å². The Hall–Kier alpha value is 0.650. The molecule has 3 N–H and O–H groups in total. The van der Waals surface area contributed by atoms with Crippen LogP contribution in [0.5, 0.6) is 0 Å². The minimum absolute atomic E-state index is 0. The van der Waals surface area contributed by atoms with Crippen molar-refractivity contribution in [2.45, 2.75) is 0 Å². The molecule has 0 fully saturated rings. The molecule has 0 spiro atoms. The van der Waals surface area contributed by atoms with Crippen LogP contribution in [0.4, 0.5) is 0 Å². The molecule has 0 aliphatic carbocycles. The molecular formula is C4H14Cl2O3S. The van der Waals surface area contributed by atoms with Crippen LogP contribution < -0.4 is 0 Å². The van der Waals surface area contributed by atoms with E-state index in [1.807, 2.05) is 0 Å². The van der Waals surface area contributed by atoms with E-state index in [2.05, 4.69) is 0 Å². The molecule has 0 radical (unpaired) electrons. The van der Waals surface area contributed by atoms with Crippen molar-refractivity contribution in [1.29, 1.82) is 0 Å². The summed E-state index contributed by atoms with van der Waals surface area (Å²) in [5.41, 5.74) is 0. The number of rotatable bonds is 0. The fraction of sp³-hybridized carbons (Fsp3) is 1.00. The highest BCUT2D eigenvalue weighted by Crippen LogP contribution is 1.73. The second-order valence-electron chi connectivity index (χ2n) is 0.843. The smallest absolute Gasteiger partial charge is 0.0967 e. The van der Waals surface area contributed by atoms with Gasteiger partial charge in [-0.2, -0.15) is 0 Å². The third kappa shape index (κ3) is 1200. The summed E-state index contributed by atoms with van der Waals surface area (Å²) in [6.45, 7) is 0. The molecule has 68 valence electrons. The Morgan fingerprint density at radius 3 is 1.30 bits per heavy atom. The molecule has 3 nitrogen and oxygen atoms in total. The topological polar surface area (TPSA) is 68.8 Å². The van der Waals surface area contributed by atoms with Crippen molar-refractivity contribution in [2.75, 3.05) is 25.0 Å². The number of aliphatic hydroxyl groups is 1. The molecular weight excluding hydrogens is 199 g/mol. The van der Waals surface area contributed by atoms with Gasteiger partial charge in [0.25, 0.3) is 0 Å². The van der Waals surface area contributed by atoms with Gasteiger partial charge in [-0.25, -0.2) is 0 Å². The SMILES string of the molecule is CO.CS(C)=O.ClCCl.O. The molecule has 0 amide bonds. The largest absolute Gasteiger partial charge is 0.412 e. The van der Waals surface area contributed by atoms with E-state index in [0.29, 0.717) is 0 Å². The Balaban J connectivity index is -0.0000000273. The maximum Gasteiger partial charge on any atom is 0.0967 e. The summed E-state index contributed by atoms with van der Waals surface area (Å²) in [7, 11) is 0.389. The van der Waals surface area contributed by atoms with E-state index in [1.165, 1.54) is 0 Å². The summed E-state index contributed by atoms with van der Waals surface area (Å²) in [5.74, 6) is 0. The van der Waals surface area contributed by atoms with E-state index >= 15 is 0 Å². The Morgan fingerprint density at radius 2 is 1.30 bits per heavy atom. The monoisotopic (exact) mass is 212 g/mol. The third-order valence-electron chi connectivity index (χ3n) is 0. The van der Waals surface area contributed by atoms with Crippen LogP contribution in [0.25, 0.3) is 0 Å². The second-order valence-corrected chi connectivity index (χ2v) is 3.13. The van der Waals surface area contributed by atoms with Gasteiger partial charge in [0.05, 0.1) is 5.34 Å². The number of alkyl halides is 2. The van der Waals surface area contributed by atoms with Gasteiger partial charge >= 0.3 is 0 Å². The lowest BCUT2D eigenvalue weighted by molar-refractivity contribution is 0.399. The maximum absolute atomic E-state index is 9.56. The molecule has 0 aromatic carbocycles. The minimum Gasteiger partial charge on any atom is -0.412 e. The van der Waals surface area contributed by atoms with Crippen LogP contribution in [0.1, 0.15) is 0 Å². The van der Waals surface area contributed by atoms with Crippen molar-refractivity contribution in [3.63, 3.8) is 0 Å². The maximum atomic E-state index is 9.56. The van der Waals surface area contributed by atoms with Crippen LogP contribution in [-0.2, 0) is 10.8 Å². The predicted octanol–water partition coefficient (Wildman–Crippen LogP) is 0.200. The highest BCUT2D eigenvalue weighted by atomic mass is 35.5. The van der Waals surface area contributed by atoms with E-state index < -0.39 is 10.8 Å². The van der Waals surface area contributed by atoms with Crippen LogP contribution in [0.15, 0.2) is 0 Å². The van der Waals surface area contributed by atoms with Gasteiger partial charge in [0, 0.05) is 30.4 Å². The van der Waals surface area contributed by atoms with Crippen LogP contribution in [0.3, 0.4) is 0 Å². The van der Waals surface area contributed by atoms with Gasteiger partial charge in [0.2, 0.25) is 0 Å². The fourth-order valence-corrected chi connectivity index (χ4v) is 0. The summed E-state index contributed by atoms with van der Waals surface area (Å²) in [6, 6.07) is 0. The highest BCUT2D eigenvalue weighted by molar-refractivity contribution is 7.83. The second kappa shape index (κ2) is 33.4. The van der Waals surface area contributed by atoms with Crippen LogP contribution in [0.2, 0.25) is 0 Å². The zero-order valence-corrected chi connectivity index (χ0v) is 8.56. The molecule has 10 heavy (non-hydrogen) atoms. The zero-order chi connectivity index (χ0) is 8.28. The highest BCUT2D eigenvalue weighted by Gasteiger charge is 1.57. The molecule has 0 unspecified atom stereocenters. The fourth-order valence-electron chi connectivity index (χ4n) is 0. The Morgan fingerprint density at radius 1 is 1.30 bits per heavy atom. The number of aliphatic hydroxyl groups excluding tert-OH is 1. The number of hydrogen-bond acceptors (Lipinski definition) is 2. The molecule has 0 rings (SSSR count). The first-order valence-electron chi connectivity index (χ1n) is 1.96. The third-order valence-corrected chi connectivity index (χ3v) is 0. The lowest BCUT2D eigenvalue weighted by Crippen LogP contribution is -1.70. The summed E-state index contributed by atoms with van der Waals surface area (Å²) in [6.07, 6.45) is 3.28. The van der Waals surface area contributed by atoms with Crippen molar-refractivity contribution in [3.8, 4) is 0 Å². The minimum atomic E-state index is -0.611. The molecule has 0 aliphatic heterocycles. The molecule has 6 heteroatoms. The lowest BCUT2D eigenvalue weighted by Gasteiger charge is -1.60. The molecule has 0 aromatic rings. The van der Waals surface area contributed by atoms with Crippen LogP contribution in [0, 0.1) is 0 Å². The summed E-state index contributed by atoms with van der Waals surface area (Å²) in [5, 5.41) is 7.19. The van der Waals surface area contributed by atoms with Gasteiger partial charge in [0.1, 0.15) is 0 Å². The first-order valence-corrected chi connectivity index (χ1v) is 5.00. The first kappa shape index (κ1) is 22.4. The molecule has 0 aromatic heterocycles. The molecule has 0 atom stereocenters. The normalized spacial score (nSPS) is 5.90. The van der Waals surface area contributed by atoms with Gasteiger partial charge in [-0.05, 0) is 0 Å². The predicted molar refractivity (Wildman–Crippen MR) is 48.3 cm³/mol. The Kier molecular flexibility index (Phi) is 74.9. The lowest BCUT2D eigenvalue weighted by atomic mass is 11.8. The van der Waals surface area contributed by atoms with Crippen LogP contribution >= 0.6 is 23.2 Å². The van der Waals surface area contributed by atoms with Crippen molar-refractivity contribution >= 4 is 34.0 Å². The van der Waals surface area contributed by atoms with E-state index in [0.717, 1.165) is 7.11 Å². The number of hydrogen-bond donors (Lipinski definition) is 1. The number of halogens is 2. The van der Waals surface area contributed by atoms with Crippen molar-refractivity contribution in [3.05, 3.63) is 0 Å². The van der Waals surface area contributed by atoms with Gasteiger partial charge in [-0.1, -0.05) is 0 Å². The summed E-state index contributed by atoms with van der Waals surface area (Å²) >= 11 is 9.53. The van der Waals surface area contributed by atoms with E-state index in [9.17, 15) is 4.21 Å². The average molecular weight is 213 g/mol. The van der Waals surface area contributed by atoms with Crippen molar-refractivity contribution < 1.29 is 14.8 Å². The molecule has 0 heterocycles. The molecule has 0 aliphatic rings. The van der Waals surface area contributed by atoms with Gasteiger partial charge in [-0.15, -0.1) is 23.2 Å². The van der Waals surface area contributed by atoms with E-state index in [1.54, 1.807) is 12.5 Å². The standard InChI is InChI=1S/C2H6OS.CH2Cl2.CH4O.H2O/c1-4(2)3;2-1-3;1-2;/h1-2H3;1H2;2H,1H3;1H2. The van der Waals surface area contributed by atoms with Crippen molar-refractivity contribution in [2.24, 2.45) is 0 Å². The Labute approximate surface area is 74.1 Å². The van der Waals surface area contributed by atoms with Gasteiger partial charge in [0.15, 0.2) is 0 Å². The summed E-state index contributed by atoms with van der Waals surface area (Å²) in [4.78, 5) is 0. The summed E-state index contributed by atoms with van der Waals surface area (Å²) < 4.78 is 9.56. The van der Waals surface area contributed by atoms with Crippen LogP contribution in [-0.4, -0.2) is 39.8 Å². The van der Waals surface area contributed by atoms with E-state index in [-0.39, 0.29) is 10.8 Å². The Bertz CT molecular complexity index is 49.8. The first-order chi connectivity index (χ1) is 4.15. The molecule has 0 saturated heterocycles. The zero-order valence-electron chi connectivity index (χ0n) is 6.23. The average Bonchev–Trinajstić information content (AvgIpc) is 1.71. The molecule has 0 saturated carbocycles.